The van der Waals surface area contributed by atoms with Crippen LogP contribution in [0.15, 0.2) is 30.6 Å². The number of piperazine rings is 1. The van der Waals surface area contributed by atoms with E-state index in [-0.39, 0.29) is 0 Å². The van der Waals surface area contributed by atoms with Crippen LogP contribution in [0.5, 0.6) is 5.75 Å². The summed E-state index contributed by atoms with van der Waals surface area (Å²) in [6.45, 7) is 7.04. The van der Waals surface area contributed by atoms with Crippen LogP contribution in [0.1, 0.15) is 16.8 Å². The molecule has 6 nitrogen and oxygen atoms in total. The van der Waals surface area contributed by atoms with E-state index in [0.29, 0.717) is 0 Å². The minimum atomic E-state index is 0.933. The van der Waals surface area contributed by atoms with Crippen LogP contribution in [0.4, 0.5) is 5.82 Å². The molecule has 6 heteroatoms. The third-order valence-electron chi connectivity index (χ3n) is 5.43. The summed E-state index contributed by atoms with van der Waals surface area (Å²) in [4.78, 5) is 16.4. The van der Waals surface area contributed by atoms with Crippen molar-refractivity contribution in [3.8, 4) is 5.75 Å². The lowest BCUT2D eigenvalue weighted by Gasteiger charge is -2.37. The highest BCUT2D eigenvalue weighted by Crippen LogP contribution is 2.26. The lowest BCUT2D eigenvalue weighted by Crippen LogP contribution is -2.47. The first-order valence-corrected chi connectivity index (χ1v) is 9.35. The number of ether oxygens (including phenoxy) is 1. The number of aromatic nitrogens is 2. The number of benzene rings is 1. The maximum Gasteiger partial charge on any atom is 0.136 e. The van der Waals surface area contributed by atoms with Gasteiger partial charge in [-0.1, -0.05) is 18.2 Å². The molecule has 0 N–H and O–H groups in total. The minimum Gasteiger partial charge on any atom is -0.496 e. The highest BCUT2D eigenvalue weighted by Gasteiger charge is 2.25. The average molecular weight is 353 g/mol. The summed E-state index contributed by atoms with van der Waals surface area (Å²) in [6, 6.07) is 8.30. The Morgan fingerprint density at radius 1 is 1.04 bits per heavy atom. The van der Waals surface area contributed by atoms with Gasteiger partial charge in [0.15, 0.2) is 0 Å². The molecular weight excluding hydrogens is 326 g/mol. The van der Waals surface area contributed by atoms with Crippen LogP contribution in [0.3, 0.4) is 0 Å². The summed E-state index contributed by atoms with van der Waals surface area (Å²) >= 11 is 0. The minimum absolute atomic E-state index is 0.933. The van der Waals surface area contributed by atoms with Crippen LogP contribution in [0, 0.1) is 0 Å². The summed E-state index contributed by atoms with van der Waals surface area (Å²) in [7, 11) is 3.91. The summed E-state index contributed by atoms with van der Waals surface area (Å²) < 4.78 is 5.49. The molecule has 26 heavy (non-hydrogen) atoms. The van der Waals surface area contributed by atoms with Gasteiger partial charge in [-0.3, -0.25) is 4.90 Å². The lowest BCUT2D eigenvalue weighted by atomic mass is 10.1. The predicted molar refractivity (Wildman–Crippen MR) is 103 cm³/mol. The second kappa shape index (κ2) is 7.60. The number of anilines is 1. The van der Waals surface area contributed by atoms with Gasteiger partial charge in [0.1, 0.15) is 17.9 Å². The third kappa shape index (κ3) is 3.52. The van der Waals surface area contributed by atoms with Gasteiger partial charge in [0, 0.05) is 63.4 Å². The Hall–Kier alpha value is -2.18. The van der Waals surface area contributed by atoms with Gasteiger partial charge >= 0.3 is 0 Å². The van der Waals surface area contributed by atoms with E-state index in [0.717, 1.165) is 63.8 Å². The molecule has 1 fully saturated rings. The molecule has 0 spiro atoms. The Bertz CT molecular complexity index is 758. The van der Waals surface area contributed by atoms with Crippen LogP contribution >= 0.6 is 0 Å². The fourth-order valence-electron chi connectivity index (χ4n) is 3.93. The molecule has 0 aliphatic carbocycles. The van der Waals surface area contributed by atoms with Gasteiger partial charge in [0.25, 0.3) is 0 Å². The number of methoxy groups -OCH3 is 1. The largest absolute Gasteiger partial charge is 0.496 e. The van der Waals surface area contributed by atoms with E-state index in [1.807, 2.05) is 12.1 Å². The zero-order valence-electron chi connectivity index (χ0n) is 15.7. The van der Waals surface area contributed by atoms with E-state index in [2.05, 4.69) is 43.8 Å². The van der Waals surface area contributed by atoms with Gasteiger partial charge in [-0.05, 0) is 13.1 Å². The number of nitrogens with zero attached hydrogens (tertiary/aromatic N) is 5. The molecule has 2 aliphatic rings. The van der Waals surface area contributed by atoms with E-state index in [1.165, 1.54) is 16.8 Å². The highest BCUT2D eigenvalue weighted by atomic mass is 16.5. The zero-order valence-corrected chi connectivity index (χ0v) is 15.7. The van der Waals surface area contributed by atoms with Gasteiger partial charge in [0.2, 0.25) is 0 Å². The van der Waals surface area contributed by atoms with Gasteiger partial charge in [-0.2, -0.15) is 0 Å². The van der Waals surface area contributed by atoms with Gasteiger partial charge in [0.05, 0.1) is 12.8 Å². The van der Waals surface area contributed by atoms with Crippen molar-refractivity contribution in [2.45, 2.75) is 19.5 Å². The first-order chi connectivity index (χ1) is 12.7. The van der Waals surface area contributed by atoms with Gasteiger partial charge in [-0.25, -0.2) is 9.97 Å². The maximum absolute atomic E-state index is 5.49. The quantitative estimate of drug-likeness (QED) is 0.835. The van der Waals surface area contributed by atoms with Crippen LogP contribution < -0.4 is 9.64 Å². The smallest absolute Gasteiger partial charge is 0.136 e. The van der Waals surface area contributed by atoms with Crippen LogP contribution in [0.2, 0.25) is 0 Å². The average Bonchev–Trinajstić information content (AvgIpc) is 2.68. The van der Waals surface area contributed by atoms with Crippen molar-refractivity contribution in [3.63, 3.8) is 0 Å². The predicted octanol–water partition coefficient (Wildman–Crippen LogP) is 1.80. The monoisotopic (exact) mass is 353 g/mol. The van der Waals surface area contributed by atoms with Crippen LogP contribution in [0.25, 0.3) is 0 Å². The van der Waals surface area contributed by atoms with Crippen molar-refractivity contribution in [1.29, 1.82) is 0 Å². The fourth-order valence-corrected chi connectivity index (χ4v) is 3.93. The maximum atomic E-state index is 5.49. The van der Waals surface area contributed by atoms with E-state index in [1.54, 1.807) is 13.4 Å². The van der Waals surface area contributed by atoms with Crippen molar-refractivity contribution < 1.29 is 4.74 Å². The van der Waals surface area contributed by atoms with Crippen molar-refractivity contribution in [3.05, 3.63) is 47.4 Å². The molecule has 0 saturated carbocycles. The molecule has 138 valence electrons. The first kappa shape index (κ1) is 17.2. The summed E-state index contributed by atoms with van der Waals surface area (Å²) in [6.07, 6.45) is 2.76. The van der Waals surface area contributed by atoms with E-state index < -0.39 is 0 Å². The standard InChI is InChI=1S/C20H27N5O/c1-23-8-7-18-17(14-23)20(22-15-21-18)25-11-9-24(10-12-25)13-16-5-3-4-6-19(16)26-2/h3-6,15H,7-14H2,1-2H3. The molecule has 1 aromatic carbocycles. The van der Waals surface area contributed by atoms with Crippen molar-refractivity contribution in [2.24, 2.45) is 0 Å². The summed E-state index contributed by atoms with van der Waals surface area (Å²) in [5.41, 5.74) is 3.80. The molecule has 3 heterocycles. The second-order valence-corrected chi connectivity index (χ2v) is 7.19. The van der Waals surface area contributed by atoms with Crippen LogP contribution in [-0.4, -0.2) is 66.6 Å². The van der Waals surface area contributed by atoms with E-state index in [4.69, 9.17) is 4.74 Å². The fraction of sp³-hybridized carbons (Fsp3) is 0.500. The normalized spacial score (nSPS) is 18.6. The number of para-hydroxylation sites is 1. The lowest BCUT2D eigenvalue weighted by molar-refractivity contribution is 0.244. The van der Waals surface area contributed by atoms with Crippen LogP contribution in [-0.2, 0) is 19.5 Å². The number of hydrogen-bond acceptors (Lipinski definition) is 6. The molecule has 2 aliphatic heterocycles. The van der Waals surface area contributed by atoms with Gasteiger partial charge in [-0.15, -0.1) is 0 Å². The van der Waals surface area contributed by atoms with E-state index in [9.17, 15) is 0 Å². The molecule has 0 amide bonds. The number of fused-ring (bicyclic) bond motifs is 1. The molecule has 2 aromatic rings. The molecule has 0 radical (unpaired) electrons. The molecular formula is C20H27N5O. The second-order valence-electron chi connectivity index (χ2n) is 7.19. The first-order valence-electron chi connectivity index (χ1n) is 9.35. The van der Waals surface area contributed by atoms with E-state index >= 15 is 0 Å². The Morgan fingerprint density at radius 3 is 2.65 bits per heavy atom. The molecule has 0 bridgehead atoms. The number of rotatable bonds is 4. The Labute approximate surface area is 155 Å². The van der Waals surface area contributed by atoms with Crippen molar-refractivity contribution in [1.82, 2.24) is 19.8 Å². The van der Waals surface area contributed by atoms with Crippen molar-refractivity contribution in [2.75, 3.05) is 51.8 Å². The number of hydrogen-bond donors (Lipinski definition) is 0. The highest BCUT2D eigenvalue weighted by molar-refractivity contribution is 5.50. The summed E-state index contributed by atoms with van der Waals surface area (Å²) in [5.74, 6) is 2.11. The van der Waals surface area contributed by atoms with Gasteiger partial charge < -0.3 is 14.5 Å². The zero-order chi connectivity index (χ0) is 17.9. The topological polar surface area (TPSA) is 44.7 Å². The molecule has 0 unspecified atom stereocenters. The SMILES string of the molecule is COc1ccccc1CN1CCN(c2ncnc3c2CN(C)CC3)CC1. The third-order valence-corrected chi connectivity index (χ3v) is 5.43. The number of likely N-dealkylation sites (N-methyl/N-ethyl adjacent to an activating group) is 1. The molecule has 0 atom stereocenters. The summed E-state index contributed by atoms with van der Waals surface area (Å²) in [5, 5.41) is 0. The molecule has 1 saturated heterocycles. The Balaban J connectivity index is 1.43. The molecule has 4 rings (SSSR count). The Morgan fingerprint density at radius 2 is 1.85 bits per heavy atom. The Kier molecular flexibility index (Phi) is 5.04. The molecule has 1 aromatic heterocycles. The van der Waals surface area contributed by atoms with Crippen molar-refractivity contribution >= 4 is 5.82 Å².